The van der Waals surface area contributed by atoms with E-state index in [0.717, 1.165) is 42.4 Å². The average molecular weight is 352 g/mol. The molecule has 0 radical (unpaired) electrons. The van der Waals surface area contributed by atoms with Gasteiger partial charge in [0.15, 0.2) is 0 Å². The van der Waals surface area contributed by atoms with Crippen LogP contribution in [0.1, 0.15) is 56.3 Å². The van der Waals surface area contributed by atoms with Gasteiger partial charge in [0.2, 0.25) is 5.91 Å². The van der Waals surface area contributed by atoms with Gasteiger partial charge in [0.25, 0.3) is 5.91 Å². The molecule has 2 aromatic rings. The molecule has 0 spiro atoms. The fourth-order valence-electron chi connectivity index (χ4n) is 3.65. The van der Waals surface area contributed by atoms with Crippen molar-refractivity contribution in [2.75, 3.05) is 6.54 Å². The Morgan fingerprint density at radius 1 is 1.08 bits per heavy atom. The minimum atomic E-state index is -0.138. The molecule has 1 saturated carbocycles. The third-order valence-electron chi connectivity index (χ3n) is 5.47. The Balaban J connectivity index is 1.47. The van der Waals surface area contributed by atoms with Crippen molar-refractivity contribution >= 4 is 22.6 Å². The van der Waals surface area contributed by atoms with E-state index in [4.69, 9.17) is 0 Å². The second-order valence-corrected chi connectivity index (χ2v) is 7.86. The molecular formula is C22H28N2O2. The lowest BCUT2D eigenvalue weighted by Crippen LogP contribution is -2.48. The predicted octanol–water partition coefficient (Wildman–Crippen LogP) is 4.04. The molecule has 0 heterocycles. The van der Waals surface area contributed by atoms with Crippen LogP contribution in [0.15, 0.2) is 42.5 Å². The largest absolute Gasteiger partial charge is 0.352 e. The first-order valence-corrected chi connectivity index (χ1v) is 9.53. The highest BCUT2D eigenvalue weighted by molar-refractivity contribution is 5.98. The fourth-order valence-corrected chi connectivity index (χ4v) is 3.65. The van der Waals surface area contributed by atoms with Gasteiger partial charge in [0.1, 0.15) is 0 Å². The standard InChI is InChI=1S/C22H28N2O2/c1-16-9-12-22(2,13-10-16)24-20(25)11-14-23-21(26)19-8-7-17-5-3-4-6-18(17)15-19/h3-8,15-16H,9-14H2,1-2H3,(H,23,26)(H,24,25). The molecule has 138 valence electrons. The lowest BCUT2D eigenvalue weighted by Gasteiger charge is -2.37. The lowest BCUT2D eigenvalue weighted by molar-refractivity contribution is -0.123. The van der Waals surface area contributed by atoms with E-state index in [-0.39, 0.29) is 17.4 Å². The van der Waals surface area contributed by atoms with Crippen molar-refractivity contribution in [1.82, 2.24) is 10.6 Å². The third-order valence-corrected chi connectivity index (χ3v) is 5.47. The van der Waals surface area contributed by atoms with Crippen LogP contribution < -0.4 is 10.6 Å². The van der Waals surface area contributed by atoms with Crippen molar-refractivity contribution in [2.24, 2.45) is 5.92 Å². The highest BCUT2D eigenvalue weighted by Gasteiger charge is 2.30. The highest BCUT2D eigenvalue weighted by Crippen LogP contribution is 2.31. The summed E-state index contributed by atoms with van der Waals surface area (Å²) in [5, 5.41) is 8.16. The van der Waals surface area contributed by atoms with Gasteiger partial charge in [-0.15, -0.1) is 0 Å². The van der Waals surface area contributed by atoms with Gasteiger partial charge in [-0.3, -0.25) is 9.59 Å². The molecular weight excluding hydrogens is 324 g/mol. The molecule has 26 heavy (non-hydrogen) atoms. The van der Waals surface area contributed by atoms with Crippen molar-refractivity contribution < 1.29 is 9.59 Å². The monoisotopic (exact) mass is 352 g/mol. The van der Waals surface area contributed by atoms with Crippen LogP contribution in [0.3, 0.4) is 0 Å². The van der Waals surface area contributed by atoms with Crippen LogP contribution in [0.4, 0.5) is 0 Å². The number of nitrogens with one attached hydrogen (secondary N) is 2. The Morgan fingerprint density at radius 3 is 2.50 bits per heavy atom. The zero-order valence-electron chi connectivity index (χ0n) is 15.7. The second-order valence-electron chi connectivity index (χ2n) is 7.86. The van der Waals surface area contributed by atoms with E-state index >= 15 is 0 Å². The van der Waals surface area contributed by atoms with Gasteiger partial charge in [-0.1, -0.05) is 37.3 Å². The molecule has 1 aliphatic rings. The van der Waals surface area contributed by atoms with Crippen LogP contribution in [0, 0.1) is 5.92 Å². The van der Waals surface area contributed by atoms with Gasteiger partial charge in [0.05, 0.1) is 0 Å². The zero-order chi connectivity index (χ0) is 18.6. The molecule has 0 atom stereocenters. The van der Waals surface area contributed by atoms with Crippen molar-refractivity contribution in [3.8, 4) is 0 Å². The van der Waals surface area contributed by atoms with Crippen LogP contribution in [0.25, 0.3) is 10.8 Å². The average Bonchev–Trinajstić information content (AvgIpc) is 2.64. The van der Waals surface area contributed by atoms with Crippen molar-refractivity contribution in [3.63, 3.8) is 0 Å². The maximum atomic E-state index is 12.3. The van der Waals surface area contributed by atoms with Crippen LogP contribution >= 0.6 is 0 Å². The number of amides is 2. The third kappa shape index (κ3) is 4.63. The van der Waals surface area contributed by atoms with Crippen LogP contribution in [-0.4, -0.2) is 23.9 Å². The van der Waals surface area contributed by atoms with E-state index < -0.39 is 0 Å². The summed E-state index contributed by atoms with van der Waals surface area (Å²) in [5.74, 6) is 0.628. The SMILES string of the molecule is CC1CCC(C)(NC(=O)CCNC(=O)c2ccc3ccccc3c2)CC1. The van der Waals surface area contributed by atoms with E-state index in [1.165, 1.54) is 0 Å². The number of benzene rings is 2. The molecule has 2 amide bonds. The summed E-state index contributed by atoms with van der Waals surface area (Å²) in [6.07, 6.45) is 4.70. The van der Waals surface area contributed by atoms with E-state index in [0.29, 0.717) is 18.5 Å². The highest BCUT2D eigenvalue weighted by atomic mass is 16.2. The van der Waals surface area contributed by atoms with E-state index in [9.17, 15) is 9.59 Å². The molecule has 1 fully saturated rings. The Hall–Kier alpha value is -2.36. The first-order valence-electron chi connectivity index (χ1n) is 9.53. The molecule has 4 heteroatoms. The Kier molecular flexibility index (Phi) is 5.60. The van der Waals surface area contributed by atoms with E-state index in [2.05, 4.69) is 24.5 Å². The number of hydrogen-bond acceptors (Lipinski definition) is 2. The van der Waals surface area contributed by atoms with Crippen LogP contribution in [0.5, 0.6) is 0 Å². The summed E-state index contributed by atoms with van der Waals surface area (Å²) in [7, 11) is 0. The smallest absolute Gasteiger partial charge is 0.251 e. The van der Waals surface area contributed by atoms with Crippen molar-refractivity contribution in [1.29, 1.82) is 0 Å². The summed E-state index contributed by atoms with van der Waals surface area (Å²) < 4.78 is 0. The number of fused-ring (bicyclic) bond motifs is 1. The van der Waals surface area contributed by atoms with Crippen LogP contribution in [0.2, 0.25) is 0 Å². The van der Waals surface area contributed by atoms with Gasteiger partial charge in [0, 0.05) is 24.1 Å². The quantitative estimate of drug-likeness (QED) is 0.853. The number of rotatable bonds is 5. The number of hydrogen-bond donors (Lipinski definition) is 2. The summed E-state index contributed by atoms with van der Waals surface area (Å²) >= 11 is 0. The summed E-state index contributed by atoms with van der Waals surface area (Å²) in [6, 6.07) is 13.6. The number of carbonyl (C=O) groups excluding carboxylic acids is 2. The molecule has 1 aliphatic carbocycles. The fraction of sp³-hybridized carbons (Fsp3) is 0.455. The minimum absolute atomic E-state index is 0.0147. The molecule has 3 rings (SSSR count). The summed E-state index contributed by atoms with van der Waals surface area (Å²) in [4.78, 5) is 24.5. The first-order chi connectivity index (χ1) is 12.5. The number of carbonyl (C=O) groups is 2. The van der Waals surface area contributed by atoms with Gasteiger partial charge in [-0.2, -0.15) is 0 Å². The molecule has 2 N–H and O–H groups in total. The molecule has 0 bridgehead atoms. The van der Waals surface area contributed by atoms with Gasteiger partial charge < -0.3 is 10.6 Å². The molecule has 2 aromatic carbocycles. The molecule has 0 unspecified atom stereocenters. The molecule has 4 nitrogen and oxygen atoms in total. The Labute approximate surface area is 155 Å². The normalized spacial score (nSPS) is 22.8. The van der Waals surface area contributed by atoms with Crippen LogP contribution in [-0.2, 0) is 4.79 Å². The lowest BCUT2D eigenvalue weighted by atomic mass is 9.78. The molecule has 0 aromatic heterocycles. The zero-order valence-corrected chi connectivity index (χ0v) is 15.7. The summed E-state index contributed by atoms with van der Waals surface area (Å²) in [5.41, 5.74) is 0.531. The second kappa shape index (κ2) is 7.90. The predicted molar refractivity (Wildman–Crippen MR) is 105 cm³/mol. The maximum Gasteiger partial charge on any atom is 0.251 e. The van der Waals surface area contributed by atoms with Gasteiger partial charge in [-0.05, 0) is 61.4 Å². The maximum absolute atomic E-state index is 12.3. The van der Waals surface area contributed by atoms with Crippen molar-refractivity contribution in [2.45, 2.75) is 51.5 Å². The summed E-state index contributed by atoms with van der Waals surface area (Å²) in [6.45, 7) is 4.75. The van der Waals surface area contributed by atoms with E-state index in [1.807, 2.05) is 42.5 Å². The van der Waals surface area contributed by atoms with Crippen molar-refractivity contribution in [3.05, 3.63) is 48.0 Å². The van der Waals surface area contributed by atoms with Gasteiger partial charge >= 0.3 is 0 Å². The first kappa shape index (κ1) is 18.4. The van der Waals surface area contributed by atoms with E-state index in [1.54, 1.807) is 0 Å². The Morgan fingerprint density at radius 2 is 1.77 bits per heavy atom. The molecule has 0 aliphatic heterocycles. The topological polar surface area (TPSA) is 58.2 Å². The molecule has 0 saturated heterocycles. The Bertz CT molecular complexity index is 792. The van der Waals surface area contributed by atoms with Gasteiger partial charge in [-0.25, -0.2) is 0 Å². The minimum Gasteiger partial charge on any atom is -0.352 e.